The van der Waals surface area contributed by atoms with Gasteiger partial charge in [-0.3, -0.25) is 0 Å². The van der Waals surface area contributed by atoms with E-state index in [9.17, 15) is 4.79 Å². The molecule has 0 aromatic carbocycles. The maximum absolute atomic E-state index is 11.7. The van der Waals surface area contributed by atoms with E-state index in [0.29, 0.717) is 5.69 Å². The molecule has 0 spiro atoms. The fraction of sp³-hybridized carbons (Fsp3) is 0.455. The van der Waals surface area contributed by atoms with Gasteiger partial charge < -0.3 is 10.5 Å². The lowest BCUT2D eigenvalue weighted by Crippen LogP contribution is -2.15. The third-order valence-electron chi connectivity index (χ3n) is 2.08. The summed E-state index contributed by atoms with van der Waals surface area (Å²) in [6, 6.07) is 1.47. The highest BCUT2D eigenvalue weighted by atomic mass is 35.5. The van der Waals surface area contributed by atoms with Crippen molar-refractivity contribution in [2.24, 2.45) is 0 Å². The van der Waals surface area contributed by atoms with E-state index in [0.717, 1.165) is 12.8 Å². The number of halogens is 1. The summed E-state index contributed by atoms with van der Waals surface area (Å²) in [6.07, 6.45) is 3.04. The van der Waals surface area contributed by atoms with Gasteiger partial charge in [0.2, 0.25) is 0 Å². The summed E-state index contributed by atoms with van der Waals surface area (Å²) in [5, 5.41) is 0.114. The smallest absolute Gasteiger partial charge is 0.341 e. The molecule has 2 N–H and O–H groups in total. The summed E-state index contributed by atoms with van der Waals surface area (Å²) in [4.78, 5) is 15.5. The molecule has 1 rings (SSSR count). The van der Waals surface area contributed by atoms with Crippen molar-refractivity contribution < 1.29 is 9.53 Å². The predicted molar refractivity (Wildman–Crippen MR) is 63.4 cm³/mol. The molecule has 1 atom stereocenters. The molecule has 1 aromatic rings. The van der Waals surface area contributed by atoms with E-state index >= 15 is 0 Å². The van der Waals surface area contributed by atoms with E-state index in [1.165, 1.54) is 12.3 Å². The van der Waals surface area contributed by atoms with Gasteiger partial charge >= 0.3 is 5.97 Å². The van der Waals surface area contributed by atoms with Crippen molar-refractivity contribution in [3.8, 4) is 0 Å². The van der Waals surface area contributed by atoms with Gasteiger partial charge in [-0.25, -0.2) is 9.78 Å². The Labute approximate surface area is 99.8 Å². The van der Waals surface area contributed by atoms with Gasteiger partial charge in [0, 0.05) is 0 Å². The van der Waals surface area contributed by atoms with Crippen LogP contribution in [0.15, 0.2) is 12.3 Å². The Hall–Kier alpha value is -1.29. The number of esters is 1. The number of nitrogens with zero attached hydrogens (tertiary/aromatic N) is 1. The molecular formula is C11H15ClN2O2. The van der Waals surface area contributed by atoms with Crippen molar-refractivity contribution in [1.29, 1.82) is 0 Å². The quantitative estimate of drug-likeness (QED) is 0.651. The van der Waals surface area contributed by atoms with Crippen molar-refractivity contribution in [1.82, 2.24) is 4.98 Å². The summed E-state index contributed by atoms with van der Waals surface area (Å²) in [7, 11) is 0. The van der Waals surface area contributed by atoms with E-state index < -0.39 is 5.97 Å². The first-order valence-corrected chi connectivity index (χ1v) is 5.54. The van der Waals surface area contributed by atoms with Crippen molar-refractivity contribution in [2.75, 3.05) is 5.73 Å². The van der Waals surface area contributed by atoms with Gasteiger partial charge in [0.25, 0.3) is 0 Å². The van der Waals surface area contributed by atoms with Gasteiger partial charge in [-0.2, -0.15) is 0 Å². The number of ether oxygens (including phenoxy) is 1. The first kappa shape index (κ1) is 12.8. The second-order valence-corrected chi connectivity index (χ2v) is 3.97. The standard InChI is InChI=1S/C11H15ClN2O2/c1-3-4-7(2)16-11(15)9-5-8(13)6-14-10(9)12/h5-7H,3-4,13H2,1-2H3. The summed E-state index contributed by atoms with van der Waals surface area (Å²) in [5.41, 5.74) is 6.13. The molecule has 0 aliphatic heterocycles. The van der Waals surface area contributed by atoms with Gasteiger partial charge in [-0.1, -0.05) is 24.9 Å². The second-order valence-electron chi connectivity index (χ2n) is 3.61. The molecule has 88 valence electrons. The number of anilines is 1. The van der Waals surface area contributed by atoms with Gasteiger partial charge in [0.1, 0.15) is 5.15 Å². The van der Waals surface area contributed by atoms with Gasteiger partial charge in [-0.05, 0) is 19.4 Å². The Balaban J connectivity index is 2.76. The van der Waals surface area contributed by atoms with E-state index in [2.05, 4.69) is 4.98 Å². The maximum atomic E-state index is 11.7. The second kappa shape index (κ2) is 5.70. The fourth-order valence-corrected chi connectivity index (χ4v) is 1.50. The van der Waals surface area contributed by atoms with E-state index in [1.54, 1.807) is 0 Å². The minimum absolute atomic E-state index is 0.114. The Morgan fingerprint density at radius 3 is 3.00 bits per heavy atom. The first-order valence-electron chi connectivity index (χ1n) is 5.16. The number of hydrogen-bond acceptors (Lipinski definition) is 4. The van der Waals surface area contributed by atoms with Gasteiger partial charge in [-0.15, -0.1) is 0 Å². The van der Waals surface area contributed by atoms with Crippen LogP contribution in [0.25, 0.3) is 0 Å². The monoisotopic (exact) mass is 242 g/mol. The molecule has 0 aliphatic rings. The van der Waals surface area contributed by atoms with Crippen molar-refractivity contribution in [3.63, 3.8) is 0 Å². The Morgan fingerprint density at radius 2 is 2.38 bits per heavy atom. The fourth-order valence-electron chi connectivity index (χ4n) is 1.32. The van der Waals surface area contributed by atoms with Crippen LogP contribution in [0.4, 0.5) is 5.69 Å². The van der Waals surface area contributed by atoms with Crippen LogP contribution in [-0.4, -0.2) is 17.1 Å². The molecule has 0 aliphatic carbocycles. The minimum Gasteiger partial charge on any atom is -0.459 e. The number of aromatic nitrogens is 1. The van der Waals surface area contributed by atoms with E-state index in [-0.39, 0.29) is 16.8 Å². The number of nitrogens with two attached hydrogens (primary N) is 1. The third kappa shape index (κ3) is 3.38. The Bertz CT molecular complexity index is 382. The molecular weight excluding hydrogens is 228 g/mol. The average molecular weight is 243 g/mol. The molecule has 0 saturated heterocycles. The van der Waals surface area contributed by atoms with Gasteiger partial charge in [0.05, 0.1) is 23.6 Å². The zero-order valence-corrected chi connectivity index (χ0v) is 10.1. The predicted octanol–water partition coefficient (Wildman–Crippen LogP) is 2.66. The molecule has 1 heterocycles. The van der Waals surface area contributed by atoms with E-state index in [1.807, 2.05) is 13.8 Å². The number of hydrogen-bond donors (Lipinski definition) is 1. The lowest BCUT2D eigenvalue weighted by Gasteiger charge is -2.12. The highest BCUT2D eigenvalue weighted by Crippen LogP contribution is 2.17. The average Bonchev–Trinajstić information content (AvgIpc) is 2.21. The van der Waals surface area contributed by atoms with Crippen LogP contribution in [0.2, 0.25) is 5.15 Å². The first-order chi connectivity index (χ1) is 7.54. The van der Waals surface area contributed by atoms with Crippen LogP contribution in [0.1, 0.15) is 37.0 Å². The molecule has 1 unspecified atom stereocenters. The van der Waals surface area contributed by atoms with Crippen LogP contribution in [0.5, 0.6) is 0 Å². The van der Waals surface area contributed by atoms with Crippen molar-refractivity contribution >= 4 is 23.3 Å². The number of nitrogen functional groups attached to an aromatic ring is 1. The Kier molecular flexibility index (Phi) is 4.55. The van der Waals surface area contributed by atoms with Crippen molar-refractivity contribution in [3.05, 3.63) is 23.0 Å². The normalized spacial score (nSPS) is 12.2. The molecule has 5 heteroatoms. The zero-order valence-electron chi connectivity index (χ0n) is 9.37. The number of rotatable bonds is 4. The molecule has 0 fully saturated rings. The molecule has 16 heavy (non-hydrogen) atoms. The maximum Gasteiger partial charge on any atom is 0.341 e. The summed E-state index contributed by atoms with van der Waals surface area (Å²) < 4.78 is 5.19. The lowest BCUT2D eigenvalue weighted by molar-refractivity contribution is 0.0323. The topological polar surface area (TPSA) is 65.2 Å². The molecule has 0 radical (unpaired) electrons. The highest BCUT2D eigenvalue weighted by molar-refractivity contribution is 6.32. The molecule has 4 nitrogen and oxygen atoms in total. The van der Waals surface area contributed by atoms with Crippen molar-refractivity contribution in [2.45, 2.75) is 32.8 Å². The number of pyridine rings is 1. The molecule has 0 amide bonds. The summed E-state index contributed by atoms with van der Waals surface area (Å²) in [5.74, 6) is -0.481. The Morgan fingerprint density at radius 1 is 1.69 bits per heavy atom. The van der Waals surface area contributed by atoms with Crippen LogP contribution >= 0.6 is 11.6 Å². The highest BCUT2D eigenvalue weighted by Gasteiger charge is 2.16. The van der Waals surface area contributed by atoms with Gasteiger partial charge in [0.15, 0.2) is 0 Å². The summed E-state index contributed by atoms with van der Waals surface area (Å²) >= 11 is 5.78. The SMILES string of the molecule is CCCC(C)OC(=O)c1cc(N)cnc1Cl. The lowest BCUT2D eigenvalue weighted by atomic mass is 10.2. The van der Waals surface area contributed by atoms with Crippen LogP contribution < -0.4 is 5.73 Å². The number of carbonyl (C=O) groups is 1. The van der Waals surface area contributed by atoms with Crippen LogP contribution in [-0.2, 0) is 4.74 Å². The molecule has 0 bridgehead atoms. The van der Waals surface area contributed by atoms with Crippen LogP contribution in [0, 0.1) is 0 Å². The molecule has 0 saturated carbocycles. The molecule has 1 aromatic heterocycles. The number of carbonyl (C=O) groups excluding carboxylic acids is 1. The zero-order chi connectivity index (χ0) is 12.1. The van der Waals surface area contributed by atoms with Crippen LogP contribution in [0.3, 0.4) is 0 Å². The largest absolute Gasteiger partial charge is 0.459 e. The van der Waals surface area contributed by atoms with E-state index in [4.69, 9.17) is 22.1 Å². The third-order valence-corrected chi connectivity index (χ3v) is 2.38. The minimum atomic E-state index is -0.481. The summed E-state index contributed by atoms with van der Waals surface area (Å²) in [6.45, 7) is 3.87.